The van der Waals surface area contributed by atoms with Crippen LogP contribution in [-0.4, -0.2) is 55.4 Å². The van der Waals surface area contributed by atoms with Gasteiger partial charge in [0.2, 0.25) is 0 Å². The highest BCUT2D eigenvalue weighted by Gasteiger charge is 2.19. The molecule has 0 saturated carbocycles. The molecule has 0 radical (unpaired) electrons. The summed E-state index contributed by atoms with van der Waals surface area (Å²) in [6.07, 6.45) is -0.468. The second kappa shape index (κ2) is 8.37. The Labute approximate surface area is 150 Å². The number of anilines is 1. The highest BCUT2D eigenvalue weighted by molar-refractivity contribution is 5.46. The molecule has 134 valence electrons. The van der Waals surface area contributed by atoms with Gasteiger partial charge in [-0.25, -0.2) is 0 Å². The summed E-state index contributed by atoms with van der Waals surface area (Å²) < 4.78 is 5.75. The Morgan fingerprint density at radius 1 is 0.960 bits per heavy atom. The van der Waals surface area contributed by atoms with Crippen LogP contribution in [-0.2, 0) is 0 Å². The van der Waals surface area contributed by atoms with E-state index in [1.54, 1.807) is 0 Å². The van der Waals surface area contributed by atoms with Gasteiger partial charge in [-0.3, -0.25) is 4.90 Å². The maximum atomic E-state index is 10.3. The molecule has 0 aromatic heterocycles. The Kier molecular flexibility index (Phi) is 5.95. The van der Waals surface area contributed by atoms with Crippen LogP contribution in [0.3, 0.4) is 0 Å². The predicted molar refractivity (Wildman–Crippen MR) is 103 cm³/mol. The van der Waals surface area contributed by atoms with Gasteiger partial charge in [0.15, 0.2) is 0 Å². The van der Waals surface area contributed by atoms with Crippen LogP contribution < -0.4 is 9.64 Å². The molecule has 1 heterocycles. The van der Waals surface area contributed by atoms with Crippen molar-refractivity contribution in [2.45, 2.75) is 20.0 Å². The van der Waals surface area contributed by atoms with Crippen molar-refractivity contribution in [3.63, 3.8) is 0 Å². The molecular weight excluding hydrogens is 312 g/mol. The molecule has 1 aliphatic rings. The Balaban J connectivity index is 1.41. The lowest BCUT2D eigenvalue weighted by Crippen LogP contribution is -2.49. The van der Waals surface area contributed by atoms with Crippen LogP contribution in [0, 0.1) is 13.8 Å². The molecule has 0 amide bonds. The molecule has 4 nitrogen and oxygen atoms in total. The fraction of sp³-hybridized carbons (Fsp3) is 0.429. The zero-order valence-electron chi connectivity index (χ0n) is 15.2. The normalized spacial score (nSPS) is 16.7. The molecule has 0 aliphatic carbocycles. The van der Waals surface area contributed by atoms with Gasteiger partial charge in [-0.05, 0) is 49.2 Å². The van der Waals surface area contributed by atoms with Gasteiger partial charge in [-0.2, -0.15) is 0 Å². The summed E-state index contributed by atoms with van der Waals surface area (Å²) in [6.45, 7) is 9.08. The molecule has 2 aromatic carbocycles. The highest BCUT2D eigenvalue weighted by Crippen LogP contribution is 2.17. The van der Waals surface area contributed by atoms with E-state index < -0.39 is 6.10 Å². The van der Waals surface area contributed by atoms with E-state index in [9.17, 15) is 5.11 Å². The van der Waals surface area contributed by atoms with Crippen molar-refractivity contribution >= 4 is 5.69 Å². The van der Waals surface area contributed by atoms with Gasteiger partial charge in [-0.15, -0.1) is 0 Å². The minimum absolute atomic E-state index is 0.335. The summed E-state index contributed by atoms with van der Waals surface area (Å²) in [6, 6.07) is 16.6. The third kappa shape index (κ3) is 4.97. The molecule has 25 heavy (non-hydrogen) atoms. The summed E-state index contributed by atoms with van der Waals surface area (Å²) in [5.41, 5.74) is 3.74. The van der Waals surface area contributed by atoms with Crippen LogP contribution in [0.2, 0.25) is 0 Å². The van der Waals surface area contributed by atoms with Crippen LogP contribution in [0.5, 0.6) is 5.75 Å². The van der Waals surface area contributed by atoms with E-state index in [-0.39, 0.29) is 0 Å². The van der Waals surface area contributed by atoms with Crippen LogP contribution >= 0.6 is 0 Å². The van der Waals surface area contributed by atoms with Gasteiger partial charge in [0.1, 0.15) is 18.5 Å². The standard InChI is InChI=1S/C21H28N2O2/c1-17-8-9-21(14-18(17)2)25-16-20(24)15-22-10-12-23(13-11-22)19-6-4-3-5-7-19/h3-9,14,20,24H,10-13,15-16H2,1-2H3/t20-/m1/s1. The van der Waals surface area contributed by atoms with Crippen LogP contribution in [0.15, 0.2) is 48.5 Å². The van der Waals surface area contributed by atoms with Crippen molar-refractivity contribution in [2.75, 3.05) is 44.2 Å². The van der Waals surface area contributed by atoms with Crippen LogP contribution in [0.4, 0.5) is 5.69 Å². The van der Waals surface area contributed by atoms with Crippen LogP contribution in [0.1, 0.15) is 11.1 Å². The zero-order chi connectivity index (χ0) is 17.6. The molecule has 4 heteroatoms. The van der Waals surface area contributed by atoms with Gasteiger partial charge in [-0.1, -0.05) is 24.3 Å². The number of piperazine rings is 1. The first kappa shape index (κ1) is 17.8. The van der Waals surface area contributed by atoms with Crippen molar-refractivity contribution in [2.24, 2.45) is 0 Å². The summed E-state index contributed by atoms with van der Waals surface area (Å²) in [7, 11) is 0. The number of benzene rings is 2. The average Bonchev–Trinajstić information content (AvgIpc) is 2.64. The monoisotopic (exact) mass is 340 g/mol. The Hall–Kier alpha value is -2.04. The van der Waals surface area contributed by atoms with Gasteiger partial charge >= 0.3 is 0 Å². The second-order valence-electron chi connectivity index (χ2n) is 6.83. The van der Waals surface area contributed by atoms with E-state index in [1.165, 1.54) is 16.8 Å². The Morgan fingerprint density at radius 3 is 2.36 bits per heavy atom. The van der Waals surface area contributed by atoms with Crippen molar-refractivity contribution in [3.05, 3.63) is 59.7 Å². The van der Waals surface area contributed by atoms with Gasteiger partial charge in [0.25, 0.3) is 0 Å². The van der Waals surface area contributed by atoms with Gasteiger partial charge in [0.05, 0.1) is 0 Å². The van der Waals surface area contributed by atoms with Gasteiger partial charge in [0, 0.05) is 38.4 Å². The number of para-hydroxylation sites is 1. The first-order valence-electron chi connectivity index (χ1n) is 9.02. The number of aliphatic hydroxyl groups is 1. The quantitative estimate of drug-likeness (QED) is 0.877. The molecule has 0 spiro atoms. The third-order valence-electron chi connectivity index (χ3n) is 4.88. The summed E-state index contributed by atoms with van der Waals surface area (Å²) in [5, 5.41) is 10.3. The largest absolute Gasteiger partial charge is 0.491 e. The Morgan fingerprint density at radius 2 is 1.68 bits per heavy atom. The number of aliphatic hydroxyl groups excluding tert-OH is 1. The lowest BCUT2D eigenvalue weighted by atomic mass is 10.1. The summed E-state index contributed by atoms with van der Waals surface area (Å²) in [5.74, 6) is 0.830. The Bertz CT molecular complexity index is 667. The first-order valence-corrected chi connectivity index (χ1v) is 9.02. The molecule has 2 aromatic rings. The van der Waals surface area contributed by atoms with Crippen molar-refractivity contribution in [1.82, 2.24) is 4.90 Å². The topological polar surface area (TPSA) is 35.9 Å². The molecule has 1 N–H and O–H groups in total. The number of ether oxygens (including phenoxy) is 1. The summed E-state index contributed by atoms with van der Waals surface area (Å²) >= 11 is 0. The van der Waals surface area contributed by atoms with Crippen molar-refractivity contribution in [1.29, 1.82) is 0 Å². The maximum Gasteiger partial charge on any atom is 0.119 e. The van der Waals surface area contributed by atoms with E-state index in [2.05, 4.69) is 54.0 Å². The van der Waals surface area contributed by atoms with Crippen molar-refractivity contribution in [3.8, 4) is 5.75 Å². The molecule has 1 aliphatic heterocycles. The molecule has 1 saturated heterocycles. The van der Waals surface area contributed by atoms with Crippen LogP contribution in [0.25, 0.3) is 0 Å². The lowest BCUT2D eigenvalue weighted by molar-refractivity contribution is 0.0663. The molecule has 1 fully saturated rings. The maximum absolute atomic E-state index is 10.3. The highest BCUT2D eigenvalue weighted by atomic mass is 16.5. The second-order valence-corrected chi connectivity index (χ2v) is 6.83. The van der Waals surface area contributed by atoms with E-state index in [1.807, 2.05) is 18.2 Å². The van der Waals surface area contributed by atoms with E-state index in [0.29, 0.717) is 13.2 Å². The predicted octanol–water partition coefficient (Wildman–Crippen LogP) is 2.87. The van der Waals surface area contributed by atoms with Crippen molar-refractivity contribution < 1.29 is 9.84 Å². The number of aryl methyl sites for hydroxylation is 2. The van der Waals surface area contributed by atoms with E-state index in [4.69, 9.17) is 4.74 Å². The zero-order valence-corrected chi connectivity index (χ0v) is 15.2. The third-order valence-corrected chi connectivity index (χ3v) is 4.88. The van der Waals surface area contributed by atoms with E-state index >= 15 is 0 Å². The molecule has 1 atom stereocenters. The number of β-amino-alcohol motifs (C(OH)–C–C–N with tert-alkyl or cyclic N) is 1. The minimum Gasteiger partial charge on any atom is -0.491 e. The average molecular weight is 340 g/mol. The lowest BCUT2D eigenvalue weighted by Gasteiger charge is -2.36. The number of rotatable bonds is 6. The molecular formula is C21H28N2O2. The number of hydrogen-bond donors (Lipinski definition) is 1. The fourth-order valence-corrected chi connectivity index (χ4v) is 3.17. The molecule has 0 unspecified atom stereocenters. The molecule has 0 bridgehead atoms. The fourth-order valence-electron chi connectivity index (χ4n) is 3.17. The smallest absolute Gasteiger partial charge is 0.119 e. The minimum atomic E-state index is -0.468. The SMILES string of the molecule is Cc1ccc(OC[C@H](O)CN2CCN(c3ccccc3)CC2)cc1C. The van der Waals surface area contributed by atoms with Gasteiger partial charge < -0.3 is 14.7 Å². The molecule has 3 rings (SSSR count). The first-order chi connectivity index (χ1) is 12.1. The number of nitrogens with zero attached hydrogens (tertiary/aromatic N) is 2. The van der Waals surface area contributed by atoms with E-state index in [0.717, 1.165) is 31.9 Å². The number of hydrogen-bond acceptors (Lipinski definition) is 4. The summed E-state index contributed by atoms with van der Waals surface area (Å²) in [4.78, 5) is 4.71.